The van der Waals surface area contributed by atoms with Crippen LogP contribution in [0.4, 0.5) is 11.6 Å². The molecule has 0 amide bonds. The summed E-state index contributed by atoms with van der Waals surface area (Å²) in [4.78, 5) is 8.20. The number of anilines is 2. The van der Waals surface area contributed by atoms with Crippen LogP contribution >= 0.6 is 0 Å². The van der Waals surface area contributed by atoms with Crippen molar-refractivity contribution in [3.63, 3.8) is 0 Å². The first kappa shape index (κ1) is 12.9. The van der Waals surface area contributed by atoms with Gasteiger partial charge in [0.25, 0.3) is 0 Å². The van der Waals surface area contributed by atoms with Crippen LogP contribution in [0.15, 0.2) is 28.9 Å². The highest BCUT2D eigenvalue weighted by Gasteiger charge is 2.01. The molecule has 0 atom stereocenters. The maximum atomic E-state index is 8.47. The highest BCUT2D eigenvalue weighted by atomic mass is 16.3. The maximum Gasteiger partial charge on any atom is 0.131 e. The van der Waals surface area contributed by atoms with Crippen LogP contribution in [0, 0.1) is 18.3 Å². The first-order valence-electron chi connectivity index (χ1n) is 6.00. The number of hydrogen-bond donors (Lipinski definition) is 2. The van der Waals surface area contributed by atoms with Crippen LogP contribution in [-0.2, 0) is 6.54 Å². The van der Waals surface area contributed by atoms with E-state index in [1.165, 1.54) is 6.33 Å². The number of nitrogens with one attached hydrogen (secondary N) is 2. The molecule has 0 unspecified atom stereocenters. The van der Waals surface area contributed by atoms with Gasteiger partial charge in [-0.1, -0.05) is 0 Å². The summed E-state index contributed by atoms with van der Waals surface area (Å²) in [5.74, 6) is 3.15. The van der Waals surface area contributed by atoms with Gasteiger partial charge in [-0.15, -0.1) is 0 Å². The Morgan fingerprint density at radius 3 is 2.74 bits per heavy atom. The molecular weight excluding hydrogens is 242 g/mol. The van der Waals surface area contributed by atoms with Crippen molar-refractivity contribution in [2.24, 2.45) is 0 Å². The number of nitriles is 1. The van der Waals surface area contributed by atoms with Crippen LogP contribution in [0.1, 0.15) is 17.9 Å². The van der Waals surface area contributed by atoms with Crippen molar-refractivity contribution in [1.82, 2.24) is 9.97 Å². The number of nitrogens with zero attached hydrogens (tertiary/aromatic N) is 3. The molecule has 0 aliphatic carbocycles. The van der Waals surface area contributed by atoms with E-state index in [4.69, 9.17) is 9.68 Å². The predicted molar refractivity (Wildman–Crippen MR) is 71.5 cm³/mol. The quantitative estimate of drug-likeness (QED) is 0.772. The van der Waals surface area contributed by atoms with Gasteiger partial charge in [-0.25, -0.2) is 9.97 Å². The van der Waals surface area contributed by atoms with Crippen molar-refractivity contribution in [2.45, 2.75) is 19.9 Å². The summed E-state index contributed by atoms with van der Waals surface area (Å²) in [6, 6.07) is 7.72. The Kier molecular flexibility index (Phi) is 4.34. The minimum atomic E-state index is 0.443. The molecule has 2 aromatic rings. The summed E-state index contributed by atoms with van der Waals surface area (Å²) in [5.41, 5.74) is 0. The van der Waals surface area contributed by atoms with Crippen LogP contribution in [0.25, 0.3) is 0 Å². The fourth-order valence-corrected chi connectivity index (χ4v) is 1.55. The van der Waals surface area contributed by atoms with E-state index in [-0.39, 0.29) is 0 Å². The van der Waals surface area contributed by atoms with Gasteiger partial charge in [-0.3, -0.25) is 0 Å². The van der Waals surface area contributed by atoms with Crippen LogP contribution in [-0.4, -0.2) is 16.5 Å². The van der Waals surface area contributed by atoms with Crippen LogP contribution in [0.3, 0.4) is 0 Å². The molecule has 19 heavy (non-hydrogen) atoms. The number of hydrogen-bond acceptors (Lipinski definition) is 6. The van der Waals surface area contributed by atoms with E-state index in [0.29, 0.717) is 31.1 Å². The number of aryl methyl sites for hydroxylation is 1. The lowest BCUT2D eigenvalue weighted by Gasteiger charge is -2.06. The van der Waals surface area contributed by atoms with Gasteiger partial charge in [0.1, 0.15) is 29.5 Å². The van der Waals surface area contributed by atoms with Gasteiger partial charge in [0.05, 0.1) is 19.0 Å². The lowest BCUT2D eigenvalue weighted by molar-refractivity contribution is 0.490. The molecule has 2 heterocycles. The van der Waals surface area contributed by atoms with Gasteiger partial charge >= 0.3 is 0 Å². The Hall–Kier alpha value is -2.55. The number of rotatable bonds is 6. The third-order valence-corrected chi connectivity index (χ3v) is 2.45. The first-order valence-corrected chi connectivity index (χ1v) is 6.00. The second-order valence-corrected chi connectivity index (χ2v) is 3.99. The Bertz CT molecular complexity index is 572. The van der Waals surface area contributed by atoms with Crippen molar-refractivity contribution >= 4 is 11.6 Å². The molecule has 2 aromatic heterocycles. The molecule has 0 saturated heterocycles. The van der Waals surface area contributed by atoms with Crippen molar-refractivity contribution in [3.8, 4) is 6.07 Å². The normalized spacial score (nSPS) is 9.89. The molecule has 0 fully saturated rings. The molecule has 0 spiro atoms. The van der Waals surface area contributed by atoms with E-state index < -0.39 is 0 Å². The zero-order valence-corrected chi connectivity index (χ0v) is 10.7. The van der Waals surface area contributed by atoms with Gasteiger partial charge in [0, 0.05) is 12.6 Å². The third-order valence-electron chi connectivity index (χ3n) is 2.45. The Labute approximate surface area is 111 Å². The van der Waals surface area contributed by atoms with E-state index >= 15 is 0 Å². The van der Waals surface area contributed by atoms with Crippen molar-refractivity contribution in [3.05, 3.63) is 36.0 Å². The second-order valence-electron chi connectivity index (χ2n) is 3.99. The SMILES string of the molecule is Cc1ccc(CNc2cc(NCCC#N)ncn2)o1. The molecule has 98 valence electrons. The molecule has 2 rings (SSSR count). The van der Waals surface area contributed by atoms with Crippen molar-refractivity contribution < 1.29 is 4.42 Å². The third kappa shape index (κ3) is 4.00. The Morgan fingerprint density at radius 2 is 2.05 bits per heavy atom. The van der Waals surface area contributed by atoms with Gasteiger partial charge in [-0.2, -0.15) is 5.26 Å². The maximum absolute atomic E-state index is 8.47. The van der Waals surface area contributed by atoms with E-state index in [0.717, 1.165) is 11.5 Å². The van der Waals surface area contributed by atoms with Crippen LogP contribution in [0.5, 0.6) is 0 Å². The van der Waals surface area contributed by atoms with Gasteiger partial charge in [-0.05, 0) is 19.1 Å². The second kappa shape index (κ2) is 6.40. The predicted octanol–water partition coefficient (Wildman–Crippen LogP) is 2.32. The molecule has 2 N–H and O–H groups in total. The van der Waals surface area contributed by atoms with E-state index in [1.54, 1.807) is 6.07 Å². The fourth-order valence-electron chi connectivity index (χ4n) is 1.55. The molecule has 6 nitrogen and oxygen atoms in total. The average Bonchev–Trinajstić information content (AvgIpc) is 2.83. The summed E-state index contributed by atoms with van der Waals surface area (Å²) < 4.78 is 5.46. The van der Waals surface area contributed by atoms with E-state index in [2.05, 4.69) is 26.7 Å². The Morgan fingerprint density at radius 1 is 1.26 bits per heavy atom. The topological polar surface area (TPSA) is 86.8 Å². The molecule has 0 bridgehead atoms. The average molecular weight is 257 g/mol. The van der Waals surface area contributed by atoms with E-state index in [9.17, 15) is 0 Å². The molecule has 0 aliphatic rings. The lowest BCUT2D eigenvalue weighted by Crippen LogP contribution is -2.05. The minimum Gasteiger partial charge on any atom is -0.465 e. The van der Waals surface area contributed by atoms with Crippen LogP contribution in [0.2, 0.25) is 0 Å². The number of aromatic nitrogens is 2. The zero-order valence-electron chi connectivity index (χ0n) is 10.7. The monoisotopic (exact) mass is 257 g/mol. The Balaban J connectivity index is 1.90. The van der Waals surface area contributed by atoms with Gasteiger partial charge in [0.15, 0.2) is 0 Å². The first-order chi connectivity index (χ1) is 9.28. The smallest absolute Gasteiger partial charge is 0.131 e. The fraction of sp³-hybridized carbons (Fsp3) is 0.308. The van der Waals surface area contributed by atoms with Crippen molar-refractivity contribution in [2.75, 3.05) is 17.2 Å². The molecule has 0 aliphatic heterocycles. The highest BCUT2D eigenvalue weighted by Crippen LogP contribution is 2.11. The van der Waals surface area contributed by atoms with Gasteiger partial charge in [0.2, 0.25) is 0 Å². The largest absolute Gasteiger partial charge is 0.465 e. The summed E-state index contributed by atoms with van der Waals surface area (Å²) in [5, 5.41) is 14.7. The van der Waals surface area contributed by atoms with Crippen LogP contribution < -0.4 is 10.6 Å². The zero-order chi connectivity index (χ0) is 13.5. The minimum absolute atomic E-state index is 0.443. The molecule has 0 radical (unpaired) electrons. The van der Waals surface area contributed by atoms with Crippen molar-refractivity contribution in [1.29, 1.82) is 5.26 Å². The molecule has 0 saturated carbocycles. The summed E-state index contributed by atoms with van der Waals surface area (Å²) >= 11 is 0. The summed E-state index contributed by atoms with van der Waals surface area (Å²) in [6.07, 6.45) is 1.92. The summed E-state index contributed by atoms with van der Waals surface area (Å²) in [7, 11) is 0. The molecular formula is C13H15N5O. The standard InChI is InChI=1S/C13H15N5O/c1-10-3-4-11(19-10)8-16-13-7-12(17-9-18-13)15-6-2-5-14/h3-4,7,9H,2,6,8H2,1H3,(H2,15,16,17,18). The number of furan rings is 1. The van der Waals surface area contributed by atoms with Gasteiger partial charge < -0.3 is 15.1 Å². The summed E-state index contributed by atoms with van der Waals surface area (Å²) in [6.45, 7) is 3.05. The van der Waals surface area contributed by atoms with E-state index in [1.807, 2.05) is 19.1 Å². The molecule has 6 heteroatoms. The molecule has 0 aromatic carbocycles. The highest BCUT2D eigenvalue weighted by molar-refractivity contribution is 5.46. The lowest BCUT2D eigenvalue weighted by atomic mass is 10.4.